The fourth-order valence-corrected chi connectivity index (χ4v) is 5.61. The first-order valence-electron chi connectivity index (χ1n) is 8.31. The molecule has 1 saturated heterocycles. The van der Waals surface area contributed by atoms with Gasteiger partial charge < -0.3 is 10.2 Å². The molecule has 3 nitrogen and oxygen atoms in total. The van der Waals surface area contributed by atoms with Crippen LogP contribution in [0.25, 0.3) is 0 Å². The molecule has 0 aromatic carbocycles. The minimum atomic E-state index is 0. The van der Waals surface area contributed by atoms with E-state index in [2.05, 4.69) is 10.2 Å². The number of carbonyl (C=O) groups excluding carboxylic acids is 1. The number of nitrogens with zero attached hydrogens (tertiary/aromatic N) is 1. The highest BCUT2D eigenvalue weighted by atomic mass is 35.5. The molecule has 0 atom stereocenters. The van der Waals surface area contributed by atoms with Crippen LogP contribution in [-0.4, -0.2) is 37.0 Å². The van der Waals surface area contributed by atoms with Crippen molar-refractivity contribution in [1.82, 2.24) is 10.2 Å². The van der Waals surface area contributed by atoms with Gasteiger partial charge in [-0.1, -0.05) is 0 Å². The summed E-state index contributed by atoms with van der Waals surface area (Å²) in [5, 5.41) is 3.41. The van der Waals surface area contributed by atoms with Crippen molar-refractivity contribution in [3.8, 4) is 0 Å². The maximum atomic E-state index is 12.9. The van der Waals surface area contributed by atoms with Crippen LogP contribution in [0.3, 0.4) is 0 Å². The lowest BCUT2D eigenvalue weighted by atomic mass is 9.51. The van der Waals surface area contributed by atoms with Crippen LogP contribution >= 0.6 is 12.4 Å². The third kappa shape index (κ3) is 2.48. The molecule has 1 N–H and O–H groups in total. The van der Waals surface area contributed by atoms with Crippen LogP contribution in [0.5, 0.6) is 0 Å². The first-order valence-corrected chi connectivity index (χ1v) is 8.31. The molecule has 1 aliphatic heterocycles. The van der Waals surface area contributed by atoms with Gasteiger partial charge >= 0.3 is 0 Å². The zero-order valence-electron chi connectivity index (χ0n) is 12.2. The Kier molecular flexibility index (Phi) is 4.28. The van der Waals surface area contributed by atoms with E-state index in [4.69, 9.17) is 0 Å². The summed E-state index contributed by atoms with van der Waals surface area (Å²) >= 11 is 0. The van der Waals surface area contributed by atoms with Gasteiger partial charge in [0.1, 0.15) is 0 Å². The van der Waals surface area contributed by atoms with E-state index in [1.54, 1.807) is 0 Å². The molecule has 1 amide bonds. The highest BCUT2D eigenvalue weighted by Gasteiger charge is 2.51. The van der Waals surface area contributed by atoms with Crippen LogP contribution in [0.1, 0.15) is 38.5 Å². The summed E-state index contributed by atoms with van der Waals surface area (Å²) in [6.07, 6.45) is 8.02. The number of hydrogen-bond donors (Lipinski definition) is 1. The number of hydrogen-bond acceptors (Lipinski definition) is 2. The number of carbonyl (C=O) groups is 1. The van der Waals surface area contributed by atoms with Crippen molar-refractivity contribution in [3.05, 3.63) is 0 Å². The van der Waals surface area contributed by atoms with E-state index in [9.17, 15) is 4.79 Å². The molecule has 4 bridgehead atoms. The van der Waals surface area contributed by atoms with Crippen molar-refractivity contribution < 1.29 is 4.79 Å². The van der Waals surface area contributed by atoms with Crippen molar-refractivity contribution in [1.29, 1.82) is 0 Å². The quantitative estimate of drug-likeness (QED) is 0.806. The van der Waals surface area contributed by atoms with Gasteiger partial charge in [-0.2, -0.15) is 0 Å². The topological polar surface area (TPSA) is 32.3 Å². The molecule has 5 aliphatic rings. The molecule has 5 fully saturated rings. The molecule has 0 spiro atoms. The number of halogens is 1. The third-order valence-corrected chi connectivity index (χ3v) is 6.16. The van der Waals surface area contributed by atoms with E-state index < -0.39 is 0 Å². The Morgan fingerprint density at radius 2 is 1.55 bits per heavy atom. The Labute approximate surface area is 128 Å². The van der Waals surface area contributed by atoms with Gasteiger partial charge in [-0.25, -0.2) is 0 Å². The molecule has 0 radical (unpaired) electrons. The van der Waals surface area contributed by atoms with Crippen molar-refractivity contribution in [3.63, 3.8) is 0 Å². The lowest BCUT2D eigenvalue weighted by Crippen LogP contribution is -2.52. The van der Waals surface area contributed by atoms with Crippen LogP contribution < -0.4 is 5.32 Å². The molecule has 0 aromatic heterocycles. The maximum Gasteiger partial charge on any atom is 0.226 e. The summed E-state index contributed by atoms with van der Waals surface area (Å²) in [7, 11) is 0. The molecule has 4 saturated carbocycles. The van der Waals surface area contributed by atoms with Gasteiger partial charge in [-0.15, -0.1) is 12.4 Å². The fraction of sp³-hybridized carbons (Fsp3) is 0.938. The summed E-state index contributed by atoms with van der Waals surface area (Å²) in [6, 6.07) is 0. The first kappa shape index (κ1) is 14.6. The summed E-state index contributed by atoms with van der Waals surface area (Å²) < 4.78 is 0. The minimum absolute atomic E-state index is 0. The van der Waals surface area contributed by atoms with E-state index in [0.29, 0.717) is 11.8 Å². The third-order valence-electron chi connectivity index (χ3n) is 6.16. The molecule has 114 valence electrons. The van der Waals surface area contributed by atoms with Crippen LogP contribution in [0.2, 0.25) is 0 Å². The second-order valence-electron chi connectivity index (χ2n) is 7.39. The first-order chi connectivity index (χ1) is 9.31. The summed E-state index contributed by atoms with van der Waals surface area (Å²) in [4.78, 5) is 15.1. The SMILES string of the molecule is Cl.O=C(C1C2CC3CC(C2)CC1C3)N1CCCNCC1. The van der Waals surface area contributed by atoms with Gasteiger partial charge in [0.15, 0.2) is 0 Å². The largest absolute Gasteiger partial charge is 0.341 e. The van der Waals surface area contributed by atoms with Crippen LogP contribution in [0.15, 0.2) is 0 Å². The molecular weight excluding hydrogens is 272 g/mol. The van der Waals surface area contributed by atoms with Crippen LogP contribution in [-0.2, 0) is 4.79 Å². The van der Waals surface area contributed by atoms with Crippen LogP contribution in [0.4, 0.5) is 0 Å². The Morgan fingerprint density at radius 1 is 0.900 bits per heavy atom. The van der Waals surface area contributed by atoms with Gasteiger partial charge in [0.2, 0.25) is 5.91 Å². The van der Waals surface area contributed by atoms with Gasteiger partial charge in [0.05, 0.1) is 0 Å². The molecule has 0 unspecified atom stereocenters. The highest BCUT2D eigenvalue weighted by molar-refractivity contribution is 5.85. The molecule has 4 heteroatoms. The molecule has 0 aromatic rings. The zero-order valence-corrected chi connectivity index (χ0v) is 13.0. The smallest absolute Gasteiger partial charge is 0.226 e. The Hall–Kier alpha value is -0.280. The molecule has 1 heterocycles. The second kappa shape index (κ2) is 5.84. The molecule has 4 aliphatic carbocycles. The van der Waals surface area contributed by atoms with Crippen LogP contribution in [0, 0.1) is 29.6 Å². The minimum Gasteiger partial charge on any atom is -0.341 e. The lowest BCUT2D eigenvalue weighted by Gasteiger charge is -2.54. The maximum absolute atomic E-state index is 12.9. The van der Waals surface area contributed by atoms with E-state index in [0.717, 1.165) is 56.3 Å². The predicted molar refractivity (Wildman–Crippen MR) is 81.8 cm³/mol. The van der Waals surface area contributed by atoms with Gasteiger partial charge in [-0.3, -0.25) is 4.79 Å². The molecule has 5 rings (SSSR count). The summed E-state index contributed by atoms with van der Waals surface area (Å²) in [5.41, 5.74) is 0. The van der Waals surface area contributed by atoms with Crippen molar-refractivity contribution in [2.75, 3.05) is 26.2 Å². The van der Waals surface area contributed by atoms with Crippen molar-refractivity contribution in [2.45, 2.75) is 38.5 Å². The number of nitrogens with one attached hydrogen (secondary N) is 1. The average molecular weight is 299 g/mol. The fourth-order valence-electron chi connectivity index (χ4n) is 5.61. The predicted octanol–water partition coefficient (Wildman–Crippen LogP) is 2.30. The number of amides is 1. The van der Waals surface area contributed by atoms with Gasteiger partial charge in [-0.05, 0) is 68.7 Å². The Balaban J connectivity index is 0.00000121. The van der Waals surface area contributed by atoms with Gasteiger partial charge in [0, 0.05) is 25.6 Å². The summed E-state index contributed by atoms with van der Waals surface area (Å²) in [6.45, 7) is 3.97. The second-order valence-corrected chi connectivity index (χ2v) is 7.39. The lowest BCUT2D eigenvalue weighted by molar-refractivity contribution is -0.148. The summed E-state index contributed by atoms with van der Waals surface area (Å²) in [5.74, 6) is 4.32. The van der Waals surface area contributed by atoms with E-state index >= 15 is 0 Å². The van der Waals surface area contributed by atoms with Gasteiger partial charge in [0.25, 0.3) is 0 Å². The molecule has 20 heavy (non-hydrogen) atoms. The van der Waals surface area contributed by atoms with Crippen molar-refractivity contribution >= 4 is 18.3 Å². The van der Waals surface area contributed by atoms with E-state index in [1.807, 2.05) is 0 Å². The highest BCUT2D eigenvalue weighted by Crippen LogP contribution is 2.56. The standard InChI is InChI=1S/C16H26N2O.ClH/c19-16(18-4-1-2-17-3-5-18)15-13-7-11-6-12(9-13)10-14(15)8-11;/h11-15,17H,1-10H2;1H. The number of rotatable bonds is 1. The van der Waals surface area contributed by atoms with Crippen molar-refractivity contribution in [2.24, 2.45) is 29.6 Å². The molecular formula is C16H27ClN2O. The Morgan fingerprint density at radius 3 is 2.20 bits per heavy atom. The normalized spacial score (nSPS) is 43.0. The zero-order chi connectivity index (χ0) is 12.8. The van der Waals surface area contributed by atoms with E-state index in [-0.39, 0.29) is 12.4 Å². The Bertz CT molecular complexity index is 337. The average Bonchev–Trinajstić information content (AvgIpc) is 2.66. The van der Waals surface area contributed by atoms with E-state index in [1.165, 1.54) is 32.1 Å². The monoisotopic (exact) mass is 298 g/mol.